The standard InChI is InChI=1S/C29H31N5O3S/c1-17(2)24(28(35)36-3)22-12-23(32-37-22)33-13-29(14-33)15-34(16-29)27-25(19-9-10-19)20-11-21(30-31-26(20)38-27)18-7-5-4-6-8-18/h4-8,11-12,17,19,24H,9-10,13-16H2,1-3H3. The summed E-state index contributed by atoms with van der Waals surface area (Å²) in [5.41, 5.74) is 3.80. The Morgan fingerprint density at radius 1 is 1.08 bits per heavy atom. The molecule has 4 aromatic rings. The normalized spacial score (nSPS) is 19.1. The summed E-state index contributed by atoms with van der Waals surface area (Å²) in [7, 11) is 1.41. The molecule has 0 radical (unpaired) electrons. The first-order valence-electron chi connectivity index (χ1n) is 13.3. The lowest BCUT2D eigenvalue weighted by Gasteiger charge is -2.60. The third kappa shape index (κ3) is 3.86. The molecule has 9 heteroatoms. The minimum absolute atomic E-state index is 0.0709. The summed E-state index contributed by atoms with van der Waals surface area (Å²) < 4.78 is 10.6. The molecule has 0 amide bonds. The zero-order valence-electron chi connectivity index (χ0n) is 21.9. The first kappa shape index (κ1) is 23.6. The van der Waals surface area contributed by atoms with Gasteiger partial charge >= 0.3 is 5.97 Å². The Morgan fingerprint density at radius 3 is 2.50 bits per heavy atom. The quantitative estimate of drug-likeness (QED) is 0.292. The highest BCUT2D eigenvalue weighted by Crippen LogP contribution is 2.54. The van der Waals surface area contributed by atoms with Gasteiger partial charge in [0.15, 0.2) is 11.6 Å². The Bertz CT molecular complexity index is 1500. The summed E-state index contributed by atoms with van der Waals surface area (Å²) in [6.07, 6.45) is 2.51. The number of ether oxygens (including phenoxy) is 1. The fourth-order valence-corrected chi connectivity index (χ4v) is 7.30. The first-order valence-corrected chi connectivity index (χ1v) is 14.2. The molecule has 3 aromatic heterocycles. The average Bonchev–Trinajstić information content (AvgIpc) is 3.48. The van der Waals surface area contributed by atoms with Crippen LogP contribution in [-0.2, 0) is 9.53 Å². The van der Waals surface area contributed by atoms with E-state index >= 15 is 0 Å². The number of anilines is 2. The molecule has 1 atom stereocenters. The molecule has 38 heavy (non-hydrogen) atoms. The van der Waals surface area contributed by atoms with Gasteiger partial charge in [-0.3, -0.25) is 4.79 Å². The lowest BCUT2D eigenvalue weighted by Crippen LogP contribution is -2.72. The van der Waals surface area contributed by atoms with E-state index in [0.717, 1.165) is 48.1 Å². The minimum Gasteiger partial charge on any atom is -0.468 e. The van der Waals surface area contributed by atoms with E-state index in [0.29, 0.717) is 11.7 Å². The van der Waals surface area contributed by atoms with Crippen molar-refractivity contribution in [2.24, 2.45) is 11.3 Å². The molecule has 5 heterocycles. The molecule has 196 valence electrons. The van der Waals surface area contributed by atoms with E-state index in [9.17, 15) is 4.79 Å². The van der Waals surface area contributed by atoms with Crippen LogP contribution in [-0.4, -0.2) is 54.6 Å². The Hall–Kier alpha value is -3.46. The number of benzene rings is 1. The minimum atomic E-state index is -0.435. The van der Waals surface area contributed by atoms with Crippen LogP contribution in [0.15, 0.2) is 47.0 Å². The third-order valence-corrected chi connectivity index (χ3v) is 9.36. The van der Waals surface area contributed by atoms with Gasteiger partial charge in [-0.25, -0.2) is 0 Å². The molecule has 1 saturated carbocycles. The van der Waals surface area contributed by atoms with Gasteiger partial charge in [-0.1, -0.05) is 60.7 Å². The van der Waals surface area contributed by atoms with Crippen molar-refractivity contribution < 1.29 is 14.1 Å². The summed E-state index contributed by atoms with van der Waals surface area (Å²) in [6.45, 7) is 7.95. The highest BCUT2D eigenvalue weighted by Gasteiger charge is 2.53. The Kier molecular flexibility index (Phi) is 5.47. The van der Waals surface area contributed by atoms with Crippen LogP contribution in [0.25, 0.3) is 21.5 Å². The van der Waals surface area contributed by atoms with Crippen LogP contribution in [0.3, 0.4) is 0 Å². The number of fused-ring (bicyclic) bond motifs is 1. The largest absolute Gasteiger partial charge is 0.468 e. The number of nitrogens with zero attached hydrogens (tertiary/aromatic N) is 5. The van der Waals surface area contributed by atoms with Crippen molar-refractivity contribution in [1.82, 2.24) is 15.4 Å². The van der Waals surface area contributed by atoms with Gasteiger partial charge in [-0.2, -0.15) is 0 Å². The molecule has 0 bridgehead atoms. The average molecular weight is 530 g/mol. The molecule has 8 nitrogen and oxygen atoms in total. The number of methoxy groups -OCH3 is 1. The number of hydrogen-bond acceptors (Lipinski definition) is 9. The second-order valence-corrected chi connectivity index (χ2v) is 12.4. The fraction of sp³-hybridized carbons (Fsp3) is 0.448. The van der Waals surface area contributed by atoms with Gasteiger partial charge in [-0.15, -0.1) is 10.2 Å². The van der Waals surface area contributed by atoms with Crippen molar-refractivity contribution in [3.8, 4) is 11.3 Å². The van der Waals surface area contributed by atoms with Crippen molar-refractivity contribution >= 4 is 38.3 Å². The Balaban J connectivity index is 1.07. The van der Waals surface area contributed by atoms with Gasteiger partial charge in [0, 0.05) is 48.6 Å². The topological polar surface area (TPSA) is 84.6 Å². The van der Waals surface area contributed by atoms with E-state index in [-0.39, 0.29) is 17.3 Å². The van der Waals surface area contributed by atoms with E-state index in [4.69, 9.17) is 9.26 Å². The maximum atomic E-state index is 12.2. The smallest absolute Gasteiger partial charge is 0.316 e. The summed E-state index contributed by atoms with van der Waals surface area (Å²) in [5, 5.41) is 16.1. The summed E-state index contributed by atoms with van der Waals surface area (Å²) >= 11 is 1.79. The van der Waals surface area contributed by atoms with Gasteiger partial charge in [0.05, 0.1) is 17.8 Å². The first-order chi connectivity index (χ1) is 18.4. The molecule has 1 spiro atoms. The molecule has 1 unspecified atom stereocenters. The monoisotopic (exact) mass is 529 g/mol. The molecular formula is C29H31N5O3S. The van der Waals surface area contributed by atoms with Crippen LogP contribution >= 0.6 is 11.3 Å². The highest BCUT2D eigenvalue weighted by molar-refractivity contribution is 7.22. The fourth-order valence-electron chi connectivity index (χ4n) is 6.11. The second-order valence-electron chi connectivity index (χ2n) is 11.5. The Labute approximate surface area is 225 Å². The van der Waals surface area contributed by atoms with Crippen LogP contribution in [0.5, 0.6) is 0 Å². The van der Waals surface area contributed by atoms with Crippen molar-refractivity contribution in [2.75, 3.05) is 43.1 Å². The molecular weight excluding hydrogens is 498 g/mol. The van der Waals surface area contributed by atoms with Crippen LogP contribution in [0.2, 0.25) is 0 Å². The molecule has 7 rings (SSSR count). The van der Waals surface area contributed by atoms with Crippen LogP contribution in [0, 0.1) is 11.3 Å². The summed E-state index contributed by atoms with van der Waals surface area (Å²) in [5.74, 6) is 1.37. The van der Waals surface area contributed by atoms with E-state index < -0.39 is 5.92 Å². The molecule has 3 aliphatic rings. The van der Waals surface area contributed by atoms with Gasteiger partial charge in [0.2, 0.25) is 0 Å². The van der Waals surface area contributed by atoms with Crippen LogP contribution < -0.4 is 9.80 Å². The molecule has 2 aliphatic heterocycles. The predicted octanol–water partition coefficient (Wildman–Crippen LogP) is 5.46. The highest BCUT2D eigenvalue weighted by atomic mass is 32.1. The number of aromatic nitrogens is 3. The zero-order valence-corrected chi connectivity index (χ0v) is 22.7. The van der Waals surface area contributed by atoms with Crippen molar-refractivity contribution in [2.45, 2.75) is 38.5 Å². The summed E-state index contributed by atoms with van der Waals surface area (Å²) in [4.78, 5) is 18.1. The van der Waals surface area contributed by atoms with E-state index in [1.54, 1.807) is 11.3 Å². The molecule has 2 saturated heterocycles. The van der Waals surface area contributed by atoms with Crippen LogP contribution in [0.4, 0.5) is 10.8 Å². The third-order valence-electron chi connectivity index (χ3n) is 8.19. The van der Waals surface area contributed by atoms with Gasteiger partial charge in [-0.05, 0) is 36.3 Å². The number of carbonyl (C=O) groups excluding carboxylic acids is 1. The number of rotatable bonds is 7. The van der Waals surface area contributed by atoms with Crippen molar-refractivity contribution in [1.29, 1.82) is 0 Å². The molecule has 0 N–H and O–H groups in total. The van der Waals surface area contributed by atoms with Crippen LogP contribution in [0.1, 0.15) is 49.8 Å². The van der Waals surface area contributed by atoms with Crippen molar-refractivity contribution in [3.63, 3.8) is 0 Å². The maximum absolute atomic E-state index is 12.2. The zero-order chi connectivity index (χ0) is 26.0. The van der Waals surface area contributed by atoms with E-state index in [2.05, 4.69) is 43.4 Å². The van der Waals surface area contributed by atoms with Gasteiger partial charge < -0.3 is 19.1 Å². The molecule has 3 fully saturated rings. The number of hydrogen-bond donors (Lipinski definition) is 0. The van der Waals surface area contributed by atoms with Gasteiger partial charge in [0.25, 0.3) is 0 Å². The molecule has 1 aromatic carbocycles. The lowest BCUT2D eigenvalue weighted by atomic mass is 9.73. The Morgan fingerprint density at radius 2 is 1.82 bits per heavy atom. The predicted molar refractivity (Wildman–Crippen MR) is 148 cm³/mol. The second kappa shape index (κ2) is 8.80. The number of thiophene rings is 1. The maximum Gasteiger partial charge on any atom is 0.316 e. The SMILES string of the molecule is COC(=O)C(c1cc(N2CC3(C2)CN(c2sc4nnc(-c5ccccc5)cc4c2C2CC2)C3)no1)C(C)C. The number of esters is 1. The van der Waals surface area contributed by atoms with E-state index in [1.165, 1.54) is 35.9 Å². The molecule has 1 aliphatic carbocycles. The number of carbonyl (C=O) groups is 1. The van der Waals surface area contributed by atoms with Gasteiger partial charge in [0.1, 0.15) is 10.7 Å². The summed E-state index contributed by atoms with van der Waals surface area (Å²) in [6, 6.07) is 14.5. The lowest BCUT2D eigenvalue weighted by molar-refractivity contribution is -0.144. The van der Waals surface area contributed by atoms with E-state index in [1.807, 2.05) is 38.1 Å². The van der Waals surface area contributed by atoms with Crippen molar-refractivity contribution in [3.05, 3.63) is 53.8 Å².